The maximum atomic E-state index is 5.45. The van der Waals surface area contributed by atoms with Crippen molar-refractivity contribution in [2.45, 2.75) is 12.8 Å². The molecule has 0 radical (unpaired) electrons. The van der Waals surface area contributed by atoms with Gasteiger partial charge < -0.3 is 10.3 Å². The zero-order chi connectivity index (χ0) is 7.56. The first-order chi connectivity index (χ1) is 4.75. The predicted octanol–water partition coefficient (Wildman–Crippen LogP) is 0.721. The van der Waals surface area contributed by atoms with Gasteiger partial charge in [0.15, 0.2) is 0 Å². The molecule has 1 rings (SSSR count). The first-order valence-electron chi connectivity index (χ1n) is 3.29. The molecule has 0 aliphatic rings. The number of hydrogen-bond acceptors (Lipinski definition) is 3. The summed E-state index contributed by atoms with van der Waals surface area (Å²) in [5, 5.41) is 7.67. The summed E-state index contributed by atoms with van der Waals surface area (Å²) < 4.78 is 1.89. The highest BCUT2D eigenvalue weighted by Gasteiger charge is 2.07. The summed E-state index contributed by atoms with van der Waals surface area (Å²) in [6.45, 7) is 2.65. The number of hydrogen-bond donors (Lipinski definition) is 1. The van der Waals surface area contributed by atoms with Crippen molar-refractivity contribution in [2.75, 3.05) is 6.54 Å². The minimum atomic E-state index is 0. The monoisotopic (exact) mass is 212 g/mol. The van der Waals surface area contributed by atoms with E-state index in [0.717, 1.165) is 5.82 Å². The molecule has 1 aromatic heterocycles. The highest BCUT2D eigenvalue weighted by atomic mass is 35.5. The van der Waals surface area contributed by atoms with Crippen LogP contribution in [0.4, 0.5) is 0 Å². The normalized spacial score (nSPS) is 11.2. The third-order valence-corrected chi connectivity index (χ3v) is 1.54. The molecule has 0 aromatic carbocycles. The van der Waals surface area contributed by atoms with Gasteiger partial charge in [-0.05, 0) is 0 Å². The van der Waals surface area contributed by atoms with Crippen LogP contribution in [0.25, 0.3) is 0 Å². The van der Waals surface area contributed by atoms with E-state index in [0.29, 0.717) is 12.5 Å². The molecule has 0 bridgehead atoms. The van der Waals surface area contributed by atoms with Crippen LogP contribution in [0.15, 0.2) is 6.33 Å². The van der Waals surface area contributed by atoms with Crippen molar-refractivity contribution in [1.29, 1.82) is 0 Å². The van der Waals surface area contributed by atoms with E-state index in [1.807, 2.05) is 18.5 Å². The molecule has 1 aromatic rings. The fraction of sp³-hybridized carbons (Fsp3) is 0.667. The van der Waals surface area contributed by atoms with Gasteiger partial charge in [-0.3, -0.25) is 0 Å². The molecule has 0 spiro atoms. The fourth-order valence-electron chi connectivity index (χ4n) is 0.844. The largest absolute Gasteiger partial charge is 0.330 e. The van der Waals surface area contributed by atoms with Gasteiger partial charge >= 0.3 is 0 Å². The number of rotatable bonds is 2. The minimum absolute atomic E-state index is 0. The van der Waals surface area contributed by atoms with Crippen molar-refractivity contribution in [3.63, 3.8) is 0 Å². The highest BCUT2D eigenvalue weighted by molar-refractivity contribution is 5.85. The third-order valence-electron chi connectivity index (χ3n) is 1.54. The molecule has 6 heteroatoms. The maximum absolute atomic E-state index is 5.45. The lowest BCUT2D eigenvalue weighted by molar-refractivity contribution is 0.666. The summed E-state index contributed by atoms with van der Waals surface area (Å²) in [5.74, 6) is 1.25. The lowest BCUT2D eigenvalue weighted by Gasteiger charge is -2.05. The lowest BCUT2D eigenvalue weighted by atomic mass is 10.2. The SMILES string of the molecule is CC(CN)c1nncn1C.Cl.Cl. The van der Waals surface area contributed by atoms with Crippen LogP contribution in [0.3, 0.4) is 0 Å². The van der Waals surface area contributed by atoms with Gasteiger partial charge in [0, 0.05) is 19.5 Å². The Morgan fingerprint density at radius 1 is 1.58 bits per heavy atom. The molecule has 2 N–H and O–H groups in total. The number of nitrogens with zero attached hydrogens (tertiary/aromatic N) is 3. The quantitative estimate of drug-likeness (QED) is 0.787. The first kappa shape index (κ1) is 14.2. The molecular formula is C6H14Cl2N4. The third kappa shape index (κ3) is 2.97. The van der Waals surface area contributed by atoms with Crippen molar-refractivity contribution in [2.24, 2.45) is 12.8 Å². The van der Waals surface area contributed by atoms with Crippen LogP contribution >= 0.6 is 24.8 Å². The molecule has 0 saturated heterocycles. The number of halogens is 2. The maximum Gasteiger partial charge on any atom is 0.136 e. The molecule has 1 atom stereocenters. The van der Waals surface area contributed by atoms with Crippen LogP contribution in [0.1, 0.15) is 18.7 Å². The van der Waals surface area contributed by atoms with Crippen molar-refractivity contribution < 1.29 is 0 Å². The Morgan fingerprint density at radius 2 is 2.17 bits per heavy atom. The van der Waals surface area contributed by atoms with Crippen LogP contribution in [0, 0.1) is 0 Å². The molecule has 0 aliphatic carbocycles. The van der Waals surface area contributed by atoms with Crippen molar-refractivity contribution in [3.8, 4) is 0 Å². The minimum Gasteiger partial charge on any atom is -0.330 e. The van der Waals surface area contributed by atoms with E-state index in [9.17, 15) is 0 Å². The van der Waals surface area contributed by atoms with Crippen LogP contribution in [-0.2, 0) is 7.05 Å². The van der Waals surface area contributed by atoms with Crippen LogP contribution in [-0.4, -0.2) is 21.3 Å². The Kier molecular flexibility index (Phi) is 7.37. The van der Waals surface area contributed by atoms with Gasteiger partial charge in [0.2, 0.25) is 0 Å². The van der Waals surface area contributed by atoms with E-state index in [-0.39, 0.29) is 24.8 Å². The average Bonchev–Trinajstić information content (AvgIpc) is 2.34. The zero-order valence-electron chi connectivity index (χ0n) is 7.10. The van der Waals surface area contributed by atoms with Crippen LogP contribution in [0.2, 0.25) is 0 Å². The highest BCUT2D eigenvalue weighted by Crippen LogP contribution is 2.07. The van der Waals surface area contributed by atoms with Gasteiger partial charge in [-0.25, -0.2) is 0 Å². The number of nitrogens with two attached hydrogens (primary N) is 1. The van der Waals surface area contributed by atoms with Crippen LogP contribution in [0.5, 0.6) is 0 Å². The molecule has 0 saturated carbocycles. The second-order valence-electron chi connectivity index (χ2n) is 2.44. The van der Waals surface area contributed by atoms with Gasteiger partial charge in [0.1, 0.15) is 12.2 Å². The second kappa shape index (κ2) is 6.22. The van der Waals surface area contributed by atoms with Crippen molar-refractivity contribution in [1.82, 2.24) is 14.8 Å². The average molecular weight is 213 g/mol. The molecule has 72 valence electrons. The Morgan fingerprint density at radius 3 is 2.50 bits per heavy atom. The molecule has 4 nitrogen and oxygen atoms in total. The lowest BCUT2D eigenvalue weighted by Crippen LogP contribution is -2.13. The van der Waals surface area contributed by atoms with E-state index in [1.165, 1.54) is 0 Å². The summed E-state index contributed by atoms with van der Waals surface area (Å²) >= 11 is 0. The zero-order valence-corrected chi connectivity index (χ0v) is 8.73. The molecule has 1 heterocycles. The summed E-state index contributed by atoms with van der Waals surface area (Å²) in [5.41, 5.74) is 5.45. The molecule has 0 aliphatic heterocycles. The molecule has 0 amide bonds. The van der Waals surface area contributed by atoms with E-state index in [2.05, 4.69) is 10.2 Å². The standard InChI is InChI=1S/C6H12N4.2ClH/c1-5(3-7)6-9-8-4-10(6)2;;/h4-5H,3,7H2,1-2H3;2*1H. The Hall–Kier alpha value is -0.320. The first-order valence-corrected chi connectivity index (χ1v) is 3.29. The second-order valence-corrected chi connectivity index (χ2v) is 2.44. The van der Waals surface area contributed by atoms with E-state index < -0.39 is 0 Å². The topological polar surface area (TPSA) is 56.7 Å². The van der Waals surface area contributed by atoms with Gasteiger partial charge in [-0.1, -0.05) is 6.92 Å². The van der Waals surface area contributed by atoms with Gasteiger partial charge in [0.05, 0.1) is 0 Å². The van der Waals surface area contributed by atoms with E-state index in [4.69, 9.17) is 5.73 Å². The van der Waals surface area contributed by atoms with E-state index in [1.54, 1.807) is 6.33 Å². The fourth-order valence-corrected chi connectivity index (χ4v) is 0.844. The summed E-state index contributed by atoms with van der Waals surface area (Å²) in [4.78, 5) is 0. The Labute approximate surface area is 84.4 Å². The Bertz CT molecular complexity index is 213. The predicted molar refractivity (Wildman–Crippen MR) is 53.0 cm³/mol. The van der Waals surface area contributed by atoms with Crippen molar-refractivity contribution >= 4 is 24.8 Å². The molecule has 0 fully saturated rings. The van der Waals surface area contributed by atoms with E-state index >= 15 is 0 Å². The smallest absolute Gasteiger partial charge is 0.136 e. The van der Waals surface area contributed by atoms with Gasteiger partial charge in [-0.2, -0.15) is 0 Å². The van der Waals surface area contributed by atoms with Crippen LogP contribution < -0.4 is 5.73 Å². The summed E-state index contributed by atoms with van der Waals surface area (Å²) in [7, 11) is 1.92. The van der Waals surface area contributed by atoms with Crippen molar-refractivity contribution in [3.05, 3.63) is 12.2 Å². The summed E-state index contributed by atoms with van der Waals surface area (Å²) in [6, 6.07) is 0. The number of aromatic nitrogens is 3. The van der Waals surface area contributed by atoms with Gasteiger partial charge in [0.25, 0.3) is 0 Å². The molecule has 12 heavy (non-hydrogen) atoms. The molecule has 1 unspecified atom stereocenters. The Balaban J connectivity index is 0. The number of aryl methyl sites for hydroxylation is 1. The van der Waals surface area contributed by atoms with Gasteiger partial charge in [-0.15, -0.1) is 35.0 Å². The molecular weight excluding hydrogens is 199 g/mol. The summed E-state index contributed by atoms with van der Waals surface area (Å²) in [6.07, 6.45) is 1.68.